The molecular formula is C15H12ClNO3. The van der Waals surface area contributed by atoms with Crippen molar-refractivity contribution in [2.24, 2.45) is 0 Å². The number of amides is 1. The molecule has 1 N–H and O–H groups in total. The van der Waals surface area contributed by atoms with Crippen LogP contribution in [0.4, 0.5) is 0 Å². The van der Waals surface area contributed by atoms with Crippen molar-refractivity contribution in [3.63, 3.8) is 0 Å². The first-order chi connectivity index (χ1) is 9.66. The number of hydrogen-bond donors (Lipinski definition) is 1. The van der Waals surface area contributed by atoms with Gasteiger partial charge in [-0.25, -0.2) is 4.79 Å². The first kappa shape index (κ1) is 14.1. The van der Waals surface area contributed by atoms with E-state index in [-0.39, 0.29) is 6.42 Å². The van der Waals surface area contributed by atoms with Gasteiger partial charge in [-0.2, -0.15) is 5.48 Å². The maximum absolute atomic E-state index is 11.7. The van der Waals surface area contributed by atoms with E-state index >= 15 is 0 Å². The Morgan fingerprint density at radius 1 is 1.00 bits per heavy atom. The van der Waals surface area contributed by atoms with Gasteiger partial charge in [0.1, 0.15) is 0 Å². The van der Waals surface area contributed by atoms with E-state index in [2.05, 4.69) is 5.48 Å². The van der Waals surface area contributed by atoms with Gasteiger partial charge in [-0.3, -0.25) is 4.79 Å². The van der Waals surface area contributed by atoms with Gasteiger partial charge >= 0.3 is 5.97 Å². The lowest BCUT2D eigenvalue weighted by Crippen LogP contribution is -2.28. The Labute approximate surface area is 121 Å². The Kier molecular flexibility index (Phi) is 4.74. The molecule has 0 aromatic heterocycles. The molecule has 2 aromatic carbocycles. The highest BCUT2D eigenvalue weighted by atomic mass is 35.5. The Morgan fingerprint density at radius 2 is 1.65 bits per heavy atom. The van der Waals surface area contributed by atoms with Crippen LogP contribution in [0.1, 0.15) is 15.9 Å². The van der Waals surface area contributed by atoms with Crippen LogP contribution in [0.15, 0.2) is 54.6 Å². The topological polar surface area (TPSA) is 55.4 Å². The number of benzene rings is 2. The van der Waals surface area contributed by atoms with Gasteiger partial charge in [0.05, 0.1) is 12.0 Å². The Balaban J connectivity index is 1.87. The summed E-state index contributed by atoms with van der Waals surface area (Å²) >= 11 is 5.94. The van der Waals surface area contributed by atoms with Crippen molar-refractivity contribution in [1.29, 1.82) is 0 Å². The maximum Gasteiger partial charge on any atom is 0.362 e. The molecule has 1 amide bonds. The van der Waals surface area contributed by atoms with Crippen molar-refractivity contribution in [2.75, 3.05) is 0 Å². The number of halogens is 1. The molecule has 0 saturated heterocycles. The molecule has 102 valence electrons. The first-order valence-corrected chi connectivity index (χ1v) is 6.33. The highest BCUT2D eigenvalue weighted by Gasteiger charge is 2.10. The number of hydrogen-bond acceptors (Lipinski definition) is 3. The maximum atomic E-state index is 11.7. The zero-order valence-corrected chi connectivity index (χ0v) is 11.3. The third kappa shape index (κ3) is 3.83. The van der Waals surface area contributed by atoms with Gasteiger partial charge in [0.2, 0.25) is 0 Å². The summed E-state index contributed by atoms with van der Waals surface area (Å²) in [6, 6.07) is 15.4. The van der Waals surface area contributed by atoms with Crippen LogP contribution in [0.5, 0.6) is 0 Å². The molecule has 0 fully saturated rings. The highest BCUT2D eigenvalue weighted by Crippen LogP contribution is 2.15. The minimum absolute atomic E-state index is 0.0434. The molecule has 0 aliphatic carbocycles. The van der Waals surface area contributed by atoms with Gasteiger partial charge in [-0.1, -0.05) is 48.0 Å². The minimum atomic E-state index is -0.613. The second kappa shape index (κ2) is 6.73. The first-order valence-electron chi connectivity index (χ1n) is 5.95. The van der Waals surface area contributed by atoms with E-state index < -0.39 is 11.9 Å². The molecule has 5 heteroatoms. The van der Waals surface area contributed by atoms with Gasteiger partial charge in [-0.15, -0.1) is 0 Å². The lowest BCUT2D eigenvalue weighted by molar-refractivity contribution is -0.129. The predicted molar refractivity (Wildman–Crippen MR) is 75.2 cm³/mol. The summed E-state index contributed by atoms with van der Waals surface area (Å²) in [7, 11) is 0. The van der Waals surface area contributed by atoms with E-state index in [1.807, 2.05) is 0 Å². The monoisotopic (exact) mass is 289 g/mol. The molecule has 20 heavy (non-hydrogen) atoms. The molecule has 0 unspecified atom stereocenters. The molecule has 0 saturated carbocycles. The second-order valence-corrected chi connectivity index (χ2v) is 4.46. The van der Waals surface area contributed by atoms with Gasteiger partial charge in [0.15, 0.2) is 0 Å². The van der Waals surface area contributed by atoms with Crippen molar-refractivity contribution in [1.82, 2.24) is 5.48 Å². The van der Waals surface area contributed by atoms with E-state index in [1.54, 1.807) is 54.6 Å². The summed E-state index contributed by atoms with van der Waals surface area (Å²) in [5.74, 6) is -1.06. The van der Waals surface area contributed by atoms with Crippen LogP contribution < -0.4 is 5.48 Å². The molecule has 0 aliphatic rings. The van der Waals surface area contributed by atoms with Crippen molar-refractivity contribution >= 4 is 23.5 Å². The van der Waals surface area contributed by atoms with Crippen molar-refractivity contribution in [2.45, 2.75) is 6.42 Å². The largest absolute Gasteiger partial charge is 0.362 e. The standard InChI is InChI=1S/C15H12ClNO3/c16-13-9-5-4-8-12(13)10-14(18)17-20-15(19)11-6-2-1-3-7-11/h1-9H,10H2,(H,17,18). The lowest BCUT2D eigenvalue weighted by Gasteiger charge is -2.06. The van der Waals surface area contributed by atoms with Crippen LogP contribution in [0.25, 0.3) is 0 Å². The second-order valence-electron chi connectivity index (χ2n) is 4.05. The number of carbonyl (C=O) groups is 2. The van der Waals surface area contributed by atoms with Crippen LogP contribution in [-0.4, -0.2) is 11.9 Å². The van der Waals surface area contributed by atoms with Crippen LogP contribution in [0.2, 0.25) is 5.02 Å². The van der Waals surface area contributed by atoms with Gasteiger partial charge < -0.3 is 4.84 Å². The molecule has 0 atom stereocenters. The van der Waals surface area contributed by atoms with Gasteiger partial charge in [0, 0.05) is 5.02 Å². The number of nitrogens with one attached hydrogen (secondary N) is 1. The van der Waals surface area contributed by atoms with Gasteiger partial charge in [-0.05, 0) is 23.8 Å². The number of carbonyl (C=O) groups excluding carboxylic acids is 2. The average Bonchev–Trinajstić information content (AvgIpc) is 2.48. The summed E-state index contributed by atoms with van der Waals surface area (Å²) in [6.45, 7) is 0. The van der Waals surface area contributed by atoms with Crippen molar-refractivity contribution in [3.05, 3.63) is 70.7 Å². The van der Waals surface area contributed by atoms with E-state index in [0.717, 1.165) is 0 Å². The zero-order chi connectivity index (χ0) is 14.4. The fourth-order valence-electron chi connectivity index (χ4n) is 1.59. The molecule has 0 aliphatic heterocycles. The molecule has 4 nitrogen and oxygen atoms in total. The quantitative estimate of drug-likeness (QED) is 0.884. The van der Waals surface area contributed by atoms with E-state index in [9.17, 15) is 9.59 Å². The van der Waals surface area contributed by atoms with E-state index in [0.29, 0.717) is 16.1 Å². The van der Waals surface area contributed by atoms with E-state index in [1.165, 1.54) is 0 Å². The minimum Gasteiger partial charge on any atom is -0.335 e. The van der Waals surface area contributed by atoms with Crippen LogP contribution in [0, 0.1) is 0 Å². The van der Waals surface area contributed by atoms with Crippen molar-refractivity contribution in [3.8, 4) is 0 Å². The Bertz CT molecular complexity index is 614. The average molecular weight is 290 g/mol. The molecular weight excluding hydrogens is 278 g/mol. The lowest BCUT2D eigenvalue weighted by atomic mass is 10.1. The summed E-state index contributed by atoms with van der Waals surface area (Å²) in [5.41, 5.74) is 3.14. The summed E-state index contributed by atoms with van der Waals surface area (Å²) in [4.78, 5) is 28.0. The summed E-state index contributed by atoms with van der Waals surface area (Å²) in [5, 5.41) is 0.497. The third-order valence-electron chi connectivity index (χ3n) is 2.58. The molecule has 0 bridgehead atoms. The predicted octanol–water partition coefficient (Wildman–Crippen LogP) is 2.77. The molecule has 0 spiro atoms. The number of hydroxylamine groups is 1. The van der Waals surface area contributed by atoms with Crippen LogP contribution in [0.3, 0.4) is 0 Å². The van der Waals surface area contributed by atoms with Crippen molar-refractivity contribution < 1.29 is 14.4 Å². The Morgan fingerprint density at radius 3 is 2.35 bits per heavy atom. The SMILES string of the molecule is O=C(Cc1ccccc1Cl)NOC(=O)c1ccccc1. The zero-order valence-electron chi connectivity index (χ0n) is 10.5. The van der Waals surface area contributed by atoms with Gasteiger partial charge in [0.25, 0.3) is 5.91 Å². The van der Waals surface area contributed by atoms with Crippen LogP contribution >= 0.6 is 11.6 Å². The fourth-order valence-corrected chi connectivity index (χ4v) is 1.79. The van der Waals surface area contributed by atoms with Crippen LogP contribution in [-0.2, 0) is 16.1 Å². The highest BCUT2D eigenvalue weighted by molar-refractivity contribution is 6.31. The third-order valence-corrected chi connectivity index (χ3v) is 2.94. The number of rotatable bonds is 3. The molecule has 0 radical (unpaired) electrons. The molecule has 0 heterocycles. The summed E-state index contributed by atoms with van der Waals surface area (Å²) in [6.07, 6.45) is 0.0434. The normalized spacial score (nSPS) is 9.85. The van der Waals surface area contributed by atoms with E-state index in [4.69, 9.17) is 16.4 Å². The fraction of sp³-hybridized carbons (Fsp3) is 0.0667. The molecule has 2 aromatic rings. The Hall–Kier alpha value is -2.33. The smallest absolute Gasteiger partial charge is 0.335 e. The molecule has 2 rings (SSSR count). The summed E-state index contributed by atoms with van der Waals surface area (Å²) < 4.78 is 0.